The maximum absolute atomic E-state index is 5.50. The third-order valence-corrected chi connectivity index (χ3v) is 1.73. The summed E-state index contributed by atoms with van der Waals surface area (Å²) in [5.41, 5.74) is 7.87. The Bertz CT molecular complexity index is 252. The summed E-state index contributed by atoms with van der Waals surface area (Å²) in [7, 11) is 0. The van der Waals surface area contributed by atoms with Crippen molar-refractivity contribution in [1.82, 2.24) is 0 Å². The van der Waals surface area contributed by atoms with Crippen LogP contribution in [0.2, 0.25) is 0 Å². The fraction of sp³-hybridized carbons (Fsp3) is 0.182. The number of nitrogens with one attached hydrogen (secondary N) is 1. The minimum Gasteiger partial charge on any atom is -0.404 e. The molecule has 70 valence electrons. The van der Waals surface area contributed by atoms with Crippen molar-refractivity contribution in [2.75, 3.05) is 0 Å². The molecular weight excluding hydrogens is 160 g/mol. The molecule has 0 saturated carbocycles. The first-order valence-corrected chi connectivity index (χ1v) is 4.20. The molecule has 0 aliphatic carbocycles. The molecule has 1 aromatic carbocycles. The first-order valence-electron chi connectivity index (χ1n) is 4.20. The van der Waals surface area contributed by atoms with Gasteiger partial charge in [-0.3, -0.25) is 0 Å². The first-order chi connectivity index (χ1) is 6.38. The predicted octanol–water partition coefficient (Wildman–Crippen LogP) is 2.66. The van der Waals surface area contributed by atoms with E-state index in [-0.39, 0.29) is 0 Å². The predicted molar refractivity (Wildman–Crippen MR) is 58.7 cm³/mol. The van der Waals surface area contributed by atoms with E-state index >= 15 is 0 Å². The van der Waals surface area contributed by atoms with Crippen LogP contribution >= 0.6 is 0 Å². The normalized spacial score (nSPS) is 10.1. The SMILES string of the molecule is C=N.CC/C(=C\N)c1ccccc1. The van der Waals surface area contributed by atoms with Crippen LogP contribution < -0.4 is 5.73 Å². The van der Waals surface area contributed by atoms with Crippen LogP contribution in [0.4, 0.5) is 0 Å². The number of benzene rings is 1. The lowest BCUT2D eigenvalue weighted by atomic mass is 10.1. The molecule has 0 fully saturated rings. The minimum absolute atomic E-state index is 0.987. The zero-order valence-electron chi connectivity index (χ0n) is 7.96. The average molecular weight is 176 g/mol. The fourth-order valence-corrected chi connectivity index (χ4v) is 1.07. The lowest BCUT2D eigenvalue weighted by Crippen LogP contribution is -1.87. The second kappa shape index (κ2) is 7.10. The van der Waals surface area contributed by atoms with E-state index in [1.165, 1.54) is 11.1 Å². The molecule has 0 bridgehead atoms. The molecule has 0 heterocycles. The monoisotopic (exact) mass is 176 g/mol. The molecular formula is C11H16N2. The first kappa shape index (κ1) is 11.4. The molecule has 2 heteroatoms. The van der Waals surface area contributed by atoms with Crippen molar-refractivity contribution < 1.29 is 0 Å². The van der Waals surface area contributed by atoms with Gasteiger partial charge in [-0.05, 0) is 30.5 Å². The summed E-state index contributed by atoms with van der Waals surface area (Å²) in [5, 5.41) is 5.50. The highest BCUT2D eigenvalue weighted by Gasteiger charge is 1.94. The van der Waals surface area contributed by atoms with Gasteiger partial charge in [0.05, 0.1) is 0 Å². The van der Waals surface area contributed by atoms with Crippen LogP contribution in [-0.2, 0) is 0 Å². The molecule has 0 atom stereocenters. The summed E-state index contributed by atoms with van der Waals surface area (Å²) in [6.07, 6.45) is 2.66. The van der Waals surface area contributed by atoms with Crippen molar-refractivity contribution in [2.45, 2.75) is 13.3 Å². The molecule has 0 radical (unpaired) electrons. The Kier molecular flexibility index (Phi) is 6.24. The lowest BCUT2D eigenvalue weighted by Gasteiger charge is -2.01. The van der Waals surface area contributed by atoms with Crippen LogP contribution in [0.5, 0.6) is 0 Å². The molecule has 1 rings (SSSR count). The van der Waals surface area contributed by atoms with Gasteiger partial charge in [-0.2, -0.15) is 0 Å². The molecule has 0 aliphatic rings. The molecule has 13 heavy (non-hydrogen) atoms. The molecule has 1 aromatic rings. The summed E-state index contributed by atoms with van der Waals surface area (Å²) in [6.45, 7) is 4.60. The van der Waals surface area contributed by atoms with Gasteiger partial charge >= 0.3 is 0 Å². The smallest absolute Gasteiger partial charge is 0.00238 e. The number of hydrogen-bond acceptors (Lipinski definition) is 2. The van der Waals surface area contributed by atoms with Gasteiger partial charge in [-0.15, -0.1) is 0 Å². The molecule has 0 unspecified atom stereocenters. The Morgan fingerprint density at radius 1 is 1.38 bits per heavy atom. The van der Waals surface area contributed by atoms with Gasteiger partial charge < -0.3 is 11.1 Å². The topological polar surface area (TPSA) is 49.9 Å². The summed E-state index contributed by atoms with van der Waals surface area (Å²) >= 11 is 0. The largest absolute Gasteiger partial charge is 0.404 e. The average Bonchev–Trinajstić information content (AvgIpc) is 2.24. The highest BCUT2D eigenvalue weighted by molar-refractivity contribution is 5.64. The fourth-order valence-electron chi connectivity index (χ4n) is 1.07. The van der Waals surface area contributed by atoms with E-state index in [1.807, 2.05) is 18.2 Å². The van der Waals surface area contributed by atoms with Crippen molar-refractivity contribution in [2.24, 2.45) is 5.73 Å². The molecule has 0 spiro atoms. The highest BCUT2D eigenvalue weighted by atomic mass is 14.5. The Balaban J connectivity index is 0.000000671. The van der Waals surface area contributed by atoms with Gasteiger partial charge in [-0.25, -0.2) is 0 Å². The van der Waals surface area contributed by atoms with Crippen molar-refractivity contribution in [3.8, 4) is 0 Å². The van der Waals surface area contributed by atoms with Crippen LogP contribution in [0.3, 0.4) is 0 Å². The second-order valence-electron chi connectivity index (χ2n) is 2.41. The zero-order chi connectivity index (χ0) is 10.1. The summed E-state index contributed by atoms with van der Waals surface area (Å²) in [4.78, 5) is 0. The van der Waals surface area contributed by atoms with Crippen molar-refractivity contribution in [1.29, 1.82) is 5.41 Å². The van der Waals surface area contributed by atoms with Crippen LogP contribution in [0.15, 0.2) is 36.5 Å². The number of hydrogen-bond donors (Lipinski definition) is 2. The third-order valence-electron chi connectivity index (χ3n) is 1.73. The molecule has 0 aliphatic heterocycles. The molecule has 0 aromatic heterocycles. The van der Waals surface area contributed by atoms with Crippen LogP contribution in [0, 0.1) is 5.41 Å². The highest BCUT2D eigenvalue weighted by Crippen LogP contribution is 2.15. The molecule has 2 nitrogen and oxygen atoms in total. The quantitative estimate of drug-likeness (QED) is 0.669. The Morgan fingerprint density at radius 3 is 2.31 bits per heavy atom. The van der Waals surface area contributed by atoms with Crippen molar-refractivity contribution >= 4 is 12.3 Å². The van der Waals surface area contributed by atoms with Gasteiger partial charge in [0.2, 0.25) is 0 Å². The van der Waals surface area contributed by atoms with Crippen LogP contribution in [-0.4, -0.2) is 6.72 Å². The number of nitrogens with two attached hydrogens (primary N) is 1. The van der Waals surface area contributed by atoms with E-state index in [0.717, 1.165) is 6.42 Å². The third kappa shape index (κ3) is 3.56. The maximum Gasteiger partial charge on any atom is -0.00238 e. The minimum atomic E-state index is 0.987. The van der Waals surface area contributed by atoms with Crippen LogP contribution in [0.25, 0.3) is 5.57 Å². The summed E-state index contributed by atoms with van der Waals surface area (Å²) in [6, 6.07) is 10.2. The number of allylic oxidation sites excluding steroid dienone is 1. The van der Waals surface area contributed by atoms with Gasteiger partial charge in [0.25, 0.3) is 0 Å². The van der Waals surface area contributed by atoms with Crippen molar-refractivity contribution in [3.63, 3.8) is 0 Å². The Hall–Kier alpha value is -1.57. The Morgan fingerprint density at radius 2 is 1.92 bits per heavy atom. The molecule has 3 N–H and O–H groups in total. The van der Waals surface area contributed by atoms with E-state index in [1.54, 1.807) is 6.20 Å². The summed E-state index contributed by atoms with van der Waals surface area (Å²) in [5.74, 6) is 0. The van der Waals surface area contributed by atoms with E-state index in [4.69, 9.17) is 11.1 Å². The Labute approximate surface area is 79.6 Å². The van der Waals surface area contributed by atoms with Gasteiger partial charge in [0.1, 0.15) is 0 Å². The van der Waals surface area contributed by atoms with Crippen LogP contribution in [0.1, 0.15) is 18.9 Å². The van der Waals surface area contributed by atoms with E-state index in [0.29, 0.717) is 0 Å². The van der Waals surface area contributed by atoms with Gasteiger partial charge in [-0.1, -0.05) is 37.3 Å². The number of rotatable bonds is 2. The maximum atomic E-state index is 5.50. The second-order valence-corrected chi connectivity index (χ2v) is 2.41. The summed E-state index contributed by atoms with van der Waals surface area (Å²) < 4.78 is 0. The van der Waals surface area contributed by atoms with Gasteiger partial charge in [0, 0.05) is 0 Å². The van der Waals surface area contributed by atoms with E-state index in [2.05, 4.69) is 25.8 Å². The zero-order valence-corrected chi connectivity index (χ0v) is 7.96. The standard InChI is InChI=1S/C10H13N.CH3N/c1-2-9(8-11)10-6-4-3-5-7-10;1-2/h3-8H,2,11H2,1H3;2H,1H2/b9-8+;. The van der Waals surface area contributed by atoms with Gasteiger partial charge in [0.15, 0.2) is 0 Å². The van der Waals surface area contributed by atoms with Crippen molar-refractivity contribution in [3.05, 3.63) is 42.1 Å². The van der Waals surface area contributed by atoms with E-state index in [9.17, 15) is 0 Å². The van der Waals surface area contributed by atoms with E-state index < -0.39 is 0 Å². The molecule has 0 saturated heterocycles. The lowest BCUT2D eigenvalue weighted by molar-refractivity contribution is 1.23. The molecule has 0 amide bonds.